The smallest absolute Gasteiger partial charge is 0.243 e. The lowest BCUT2D eigenvalue weighted by atomic mass is 10.2. The summed E-state index contributed by atoms with van der Waals surface area (Å²) in [5, 5.41) is 3.33. The van der Waals surface area contributed by atoms with Gasteiger partial charge in [0.25, 0.3) is 0 Å². The van der Waals surface area contributed by atoms with Crippen molar-refractivity contribution in [3.63, 3.8) is 0 Å². The van der Waals surface area contributed by atoms with Crippen LogP contribution in [0.2, 0.25) is 5.02 Å². The van der Waals surface area contributed by atoms with Gasteiger partial charge in [-0.25, -0.2) is 0 Å². The normalized spacial score (nSPS) is 10.2. The lowest BCUT2D eigenvalue weighted by Crippen LogP contribution is -2.35. The first-order chi connectivity index (χ1) is 12.0. The molecule has 2 aromatic carbocycles. The van der Waals surface area contributed by atoms with Gasteiger partial charge in [0, 0.05) is 29.4 Å². The number of halogens is 1. The standard InChI is InChI=1S/C18H20ClN3O3/c1-25-16-7-5-15(6-8-16)22(10-9-17(20)23)12-18(24)21-14-4-2-3-13(19)11-14/h2-8,11H,9-10,12H2,1H3,(H2,20,23)(H,21,24). The summed E-state index contributed by atoms with van der Waals surface area (Å²) in [6.45, 7) is 0.413. The molecule has 0 aromatic heterocycles. The highest BCUT2D eigenvalue weighted by atomic mass is 35.5. The summed E-state index contributed by atoms with van der Waals surface area (Å²) in [4.78, 5) is 25.2. The molecular weight excluding hydrogens is 342 g/mol. The summed E-state index contributed by atoms with van der Waals surface area (Å²) in [7, 11) is 1.58. The molecule has 25 heavy (non-hydrogen) atoms. The second-order valence-corrected chi connectivity index (χ2v) is 5.83. The monoisotopic (exact) mass is 361 g/mol. The Labute approximate surface area is 151 Å². The first-order valence-electron chi connectivity index (χ1n) is 7.70. The number of amides is 2. The van der Waals surface area contributed by atoms with Crippen molar-refractivity contribution < 1.29 is 14.3 Å². The van der Waals surface area contributed by atoms with Gasteiger partial charge in [-0.05, 0) is 42.5 Å². The molecule has 132 valence electrons. The minimum atomic E-state index is -0.422. The van der Waals surface area contributed by atoms with E-state index in [1.165, 1.54) is 0 Å². The van der Waals surface area contributed by atoms with E-state index in [9.17, 15) is 9.59 Å². The maximum absolute atomic E-state index is 12.3. The van der Waals surface area contributed by atoms with Crippen molar-refractivity contribution >= 4 is 34.8 Å². The van der Waals surface area contributed by atoms with Gasteiger partial charge in [-0.1, -0.05) is 17.7 Å². The number of carbonyl (C=O) groups is 2. The SMILES string of the molecule is COc1ccc(N(CCC(N)=O)CC(=O)Nc2cccc(Cl)c2)cc1. The van der Waals surface area contributed by atoms with Crippen molar-refractivity contribution in [2.24, 2.45) is 5.73 Å². The highest BCUT2D eigenvalue weighted by molar-refractivity contribution is 6.30. The van der Waals surface area contributed by atoms with Crippen molar-refractivity contribution in [3.8, 4) is 5.75 Å². The molecule has 0 fully saturated rings. The molecule has 7 heteroatoms. The van der Waals surface area contributed by atoms with Gasteiger partial charge >= 0.3 is 0 Å². The predicted molar refractivity (Wildman–Crippen MR) is 99.1 cm³/mol. The number of carbonyl (C=O) groups excluding carboxylic acids is 2. The topological polar surface area (TPSA) is 84.7 Å². The summed E-state index contributed by atoms with van der Waals surface area (Å²) in [6, 6.07) is 14.1. The first-order valence-corrected chi connectivity index (χ1v) is 8.08. The summed E-state index contributed by atoms with van der Waals surface area (Å²) in [6.07, 6.45) is 0.149. The number of nitrogens with one attached hydrogen (secondary N) is 1. The largest absolute Gasteiger partial charge is 0.497 e. The molecule has 0 bridgehead atoms. The average molecular weight is 362 g/mol. The number of anilines is 2. The van der Waals surface area contributed by atoms with E-state index in [1.54, 1.807) is 48.4 Å². The van der Waals surface area contributed by atoms with E-state index in [4.69, 9.17) is 22.1 Å². The van der Waals surface area contributed by atoms with Crippen LogP contribution < -0.4 is 20.7 Å². The minimum absolute atomic E-state index is 0.0755. The molecule has 0 aliphatic heterocycles. The van der Waals surface area contributed by atoms with Crippen LogP contribution in [0.1, 0.15) is 6.42 Å². The number of nitrogens with two attached hydrogens (primary N) is 1. The minimum Gasteiger partial charge on any atom is -0.497 e. The highest BCUT2D eigenvalue weighted by Crippen LogP contribution is 2.20. The summed E-state index contributed by atoms with van der Waals surface area (Å²) >= 11 is 5.92. The van der Waals surface area contributed by atoms with Crippen molar-refractivity contribution in [3.05, 3.63) is 53.6 Å². The van der Waals surface area contributed by atoms with Crippen molar-refractivity contribution in [2.45, 2.75) is 6.42 Å². The highest BCUT2D eigenvalue weighted by Gasteiger charge is 2.13. The third-order valence-corrected chi connectivity index (χ3v) is 3.74. The lowest BCUT2D eigenvalue weighted by Gasteiger charge is -2.24. The van der Waals surface area contributed by atoms with E-state index >= 15 is 0 Å². The van der Waals surface area contributed by atoms with Crippen molar-refractivity contribution in [1.82, 2.24) is 0 Å². The van der Waals surface area contributed by atoms with Crippen LogP contribution >= 0.6 is 11.6 Å². The predicted octanol–water partition coefficient (Wildman–Crippen LogP) is 2.67. The van der Waals surface area contributed by atoms with Gasteiger partial charge in [-0.3, -0.25) is 9.59 Å². The average Bonchev–Trinajstić information content (AvgIpc) is 2.58. The number of nitrogens with zero attached hydrogens (tertiary/aromatic N) is 1. The van der Waals surface area contributed by atoms with E-state index < -0.39 is 5.91 Å². The molecular formula is C18H20ClN3O3. The van der Waals surface area contributed by atoms with Gasteiger partial charge in [-0.15, -0.1) is 0 Å². The van der Waals surface area contributed by atoms with Gasteiger partial charge in [-0.2, -0.15) is 0 Å². The van der Waals surface area contributed by atoms with Crippen LogP contribution in [0.4, 0.5) is 11.4 Å². The second-order valence-electron chi connectivity index (χ2n) is 5.39. The number of hydrogen-bond acceptors (Lipinski definition) is 4. The molecule has 2 rings (SSSR count). The molecule has 6 nitrogen and oxygen atoms in total. The number of methoxy groups -OCH3 is 1. The quantitative estimate of drug-likeness (QED) is 0.757. The number of benzene rings is 2. The van der Waals surface area contributed by atoms with E-state index in [2.05, 4.69) is 5.32 Å². The molecule has 0 atom stereocenters. The Bertz CT molecular complexity index is 735. The van der Waals surface area contributed by atoms with Gasteiger partial charge in [0.15, 0.2) is 0 Å². The first kappa shape index (κ1) is 18.6. The van der Waals surface area contributed by atoms with E-state index in [0.29, 0.717) is 23.0 Å². The summed E-state index contributed by atoms with van der Waals surface area (Å²) in [5.74, 6) is 0.0679. The fourth-order valence-electron chi connectivity index (χ4n) is 2.28. The third kappa shape index (κ3) is 6.00. The number of rotatable bonds is 8. The van der Waals surface area contributed by atoms with Crippen LogP contribution in [-0.2, 0) is 9.59 Å². The third-order valence-electron chi connectivity index (χ3n) is 3.51. The molecule has 0 radical (unpaired) electrons. The van der Waals surface area contributed by atoms with E-state index in [1.807, 2.05) is 12.1 Å². The Balaban J connectivity index is 2.08. The Morgan fingerprint density at radius 1 is 1.20 bits per heavy atom. The number of hydrogen-bond donors (Lipinski definition) is 2. The van der Waals surface area contributed by atoms with Crippen LogP contribution in [0.15, 0.2) is 48.5 Å². The molecule has 0 aliphatic rings. The maximum atomic E-state index is 12.3. The van der Waals surface area contributed by atoms with Crippen molar-refractivity contribution in [2.75, 3.05) is 30.4 Å². The van der Waals surface area contributed by atoms with Crippen molar-refractivity contribution in [1.29, 1.82) is 0 Å². The number of primary amides is 1. The zero-order chi connectivity index (χ0) is 18.2. The lowest BCUT2D eigenvalue weighted by molar-refractivity contribution is -0.118. The Kier molecular flexibility index (Phi) is 6.65. The maximum Gasteiger partial charge on any atom is 0.243 e. The van der Waals surface area contributed by atoms with Crippen LogP contribution in [0.3, 0.4) is 0 Å². The molecule has 0 spiro atoms. The van der Waals surface area contributed by atoms with E-state index in [-0.39, 0.29) is 18.9 Å². The summed E-state index contributed by atoms with van der Waals surface area (Å²) in [5.41, 5.74) is 6.64. The van der Waals surface area contributed by atoms with Crippen LogP contribution in [0.5, 0.6) is 5.75 Å². The molecule has 0 saturated heterocycles. The van der Waals surface area contributed by atoms with Gasteiger partial charge in [0.1, 0.15) is 5.75 Å². The number of ether oxygens (including phenoxy) is 1. The Morgan fingerprint density at radius 2 is 1.92 bits per heavy atom. The molecule has 0 heterocycles. The van der Waals surface area contributed by atoms with E-state index in [0.717, 1.165) is 5.69 Å². The zero-order valence-corrected chi connectivity index (χ0v) is 14.6. The zero-order valence-electron chi connectivity index (χ0n) is 13.9. The van der Waals surface area contributed by atoms with Crippen LogP contribution in [0, 0.1) is 0 Å². The fraction of sp³-hybridized carbons (Fsp3) is 0.222. The van der Waals surface area contributed by atoms with Gasteiger partial charge in [0.2, 0.25) is 11.8 Å². The van der Waals surface area contributed by atoms with Crippen LogP contribution in [0.25, 0.3) is 0 Å². The fourth-order valence-corrected chi connectivity index (χ4v) is 2.47. The van der Waals surface area contributed by atoms with Gasteiger partial charge < -0.3 is 20.7 Å². The molecule has 2 aromatic rings. The second kappa shape index (κ2) is 8.94. The molecule has 0 unspecified atom stereocenters. The molecule has 2 amide bonds. The molecule has 0 aliphatic carbocycles. The Hall–Kier alpha value is -2.73. The van der Waals surface area contributed by atoms with Crippen LogP contribution in [-0.4, -0.2) is 32.0 Å². The molecule has 3 N–H and O–H groups in total. The van der Waals surface area contributed by atoms with Gasteiger partial charge in [0.05, 0.1) is 13.7 Å². The summed E-state index contributed by atoms with van der Waals surface area (Å²) < 4.78 is 5.13. The molecule has 0 saturated carbocycles. The Morgan fingerprint density at radius 3 is 2.52 bits per heavy atom.